The van der Waals surface area contributed by atoms with Gasteiger partial charge in [-0.25, -0.2) is 0 Å². The van der Waals surface area contributed by atoms with E-state index in [2.05, 4.69) is 0 Å². The summed E-state index contributed by atoms with van der Waals surface area (Å²) in [7, 11) is 0. The fourth-order valence-corrected chi connectivity index (χ4v) is 2.86. The van der Waals surface area contributed by atoms with Crippen LogP contribution in [-0.2, 0) is 11.2 Å². The van der Waals surface area contributed by atoms with Crippen LogP contribution in [0.4, 0.5) is 0 Å². The lowest BCUT2D eigenvalue weighted by Gasteiger charge is -2.36. The predicted molar refractivity (Wildman–Crippen MR) is 73.9 cm³/mol. The topological polar surface area (TPSA) is 29.5 Å². The van der Waals surface area contributed by atoms with Crippen LogP contribution >= 0.6 is 11.6 Å². The molecule has 0 radical (unpaired) electrons. The molecule has 0 aromatic heterocycles. The van der Waals surface area contributed by atoms with Crippen LogP contribution in [0, 0.1) is 5.92 Å². The molecular weight excluding hydrogens is 248 g/mol. The summed E-state index contributed by atoms with van der Waals surface area (Å²) in [6, 6.07) is 7.72. The molecule has 2 rings (SSSR count). The monoisotopic (exact) mass is 268 g/mol. The minimum atomic E-state index is -0.268. The molecule has 2 nitrogen and oxygen atoms in total. The summed E-state index contributed by atoms with van der Waals surface area (Å²) in [5, 5.41) is 10.8. The van der Waals surface area contributed by atoms with Crippen molar-refractivity contribution in [3.8, 4) is 0 Å². The number of ether oxygens (including phenoxy) is 1. The maximum Gasteiger partial charge on any atom is 0.0583 e. The quantitative estimate of drug-likeness (QED) is 0.856. The first-order valence-electron chi connectivity index (χ1n) is 6.71. The molecule has 0 saturated heterocycles. The SMILES string of the molecule is CCOC1CC(CC(O)Cc2cccc(Cl)c2)C1. The average molecular weight is 269 g/mol. The van der Waals surface area contributed by atoms with Crippen LogP contribution in [0.5, 0.6) is 0 Å². The Hall–Kier alpha value is -0.570. The molecule has 1 aromatic rings. The van der Waals surface area contributed by atoms with Crippen molar-refractivity contribution in [3.63, 3.8) is 0 Å². The zero-order valence-corrected chi connectivity index (χ0v) is 11.6. The van der Waals surface area contributed by atoms with E-state index >= 15 is 0 Å². The highest BCUT2D eigenvalue weighted by molar-refractivity contribution is 6.30. The summed E-state index contributed by atoms with van der Waals surface area (Å²) >= 11 is 5.93. The minimum absolute atomic E-state index is 0.268. The highest BCUT2D eigenvalue weighted by Crippen LogP contribution is 2.34. The smallest absolute Gasteiger partial charge is 0.0583 e. The van der Waals surface area contributed by atoms with Gasteiger partial charge in [0.2, 0.25) is 0 Å². The van der Waals surface area contributed by atoms with Crippen LogP contribution in [0.3, 0.4) is 0 Å². The Balaban J connectivity index is 1.71. The Morgan fingerprint density at radius 2 is 2.22 bits per heavy atom. The van der Waals surface area contributed by atoms with E-state index in [1.165, 1.54) is 0 Å². The first-order chi connectivity index (χ1) is 8.67. The summed E-state index contributed by atoms with van der Waals surface area (Å²) in [4.78, 5) is 0. The number of halogens is 1. The Labute approximate surface area is 114 Å². The van der Waals surface area contributed by atoms with Crippen molar-refractivity contribution in [1.82, 2.24) is 0 Å². The summed E-state index contributed by atoms with van der Waals surface area (Å²) in [6.45, 7) is 2.82. The molecule has 0 amide bonds. The highest BCUT2D eigenvalue weighted by atomic mass is 35.5. The van der Waals surface area contributed by atoms with Crippen LogP contribution in [0.15, 0.2) is 24.3 Å². The van der Waals surface area contributed by atoms with Crippen molar-refractivity contribution in [1.29, 1.82) is 0 Å². The van der Waals surface area contributed by atoms with Crippen molar-refractivity contribution in [2.75, 3.05) is 6.61 Å². The van der Waals surface area contributed by atoms with Gasteiger partial charge in [-0.2, -0.15) is 0 Å². The average Bonchev–Trinajstić information content (AvgIpc) is 2.26. The van der Waals surface area contributed by atoms with Gasteiger partial charge in [-0.1, -0.05) is 23.7 Å². The molecule has 1 N–H and O–H groups in total. The van der Waals surface area contributed by atoms with Crippen molar-refractivity contribution >= 4 is 11.6 Å². The molecule has 0 aliphatic heterocycles. The molecule has 1 unspecified atom stereocenters. The minimum Gasteiger partial charge on any atom is -0.393 e. The van der Waals surface area contributed by atoms with Crippen LogP contribution in [0.25, 0.3) is 0 Å². The number of rotatable bonds is 6. The first-order valence-corrected chi connectivity index (χ1v) is 7.09. The van der Waals surface area contributed by atoms with Gasteiger partial charge in [0.1, 0.15) is 0 Å². The van der Waals surface area contributed by atoms with Gasteiger partial charge < -0.3 is 9.84 Å². The number of hydrogen-bond acceptors (Lipinski definition) is 2. The van der Waals surface area contributed by atoms with Gasteiger partial charge >= 0.3 is 0 Å². The largest absolute Gasteiger partial charge is 0.393 e. The molecule has 100 valence electrons. The summed E-state index contributed by atoms with van der Waals surface area (Å²) in [5.41, 5.74) is 1.11. The Morgan fingerprint density at radius 1 is 1.44 bits per heavy atom. The van der Waals surface area contributed by atoms with Gasteiger partial charge in [0.15, 0.2) is 0 Å². The Morgan fingerprint density at radius 3 is 2.89 bits per heavy atom. The number of hydrogen-bond donors (Lipinski definition) is 1. The molecular formula is C15H21ClO2. The van der Waals surface area contributed by atoms with E-state index in [0.717, 1.165) is 36.5 Å². The van der Waals surface area contributed by atoms with Crippen molar-refractivity contribution in [3.05, 3.63) is 34.9 Å². The standard InChI is InChI=1S/C15H21ClO2/c1-2-18-15-9-12(10-15)8-14(17)7-11-4-3-5-13(16)6-11/h3-6,12,14-15,17H,2,7-10H2,1H3. The van der Waals surface area contributed by atoms with Crippen molar-refractivity contribution in [2.24, 2.45) is 5.92 Å². The number of benzene rings is 1. The predicted octanol–water partition coefficient (Wildman–Crippen LogP) is 3.45. The van der Waals surface area contributed by atoms with Gasteiger partial charge in [0, 0.05) is 11.6 Å². The third kappa shape index (κ3) is 3.98. The van der Waals surface area contributed by atoms with Gasteiger partial charge in [0.25, 0.3) is 0 Å². The Bertz CT molecular complexity index is 375. The van der Waals surface area contributed by atoms with E-state index in [-0.39, 0.29) is 6.10 Å². The third-order valence-electron chi connectivity index (χ3n) is 3.56. The second kappa shape index (κ2) is 6.55. The molecule has 1 saturated carbocycles. The summed E-state index contributed by atoms with van der Waals surface area (Å²) < 4.78 is 5.52. The van der Waals surface area contributed by atoms with Crippen molar-refractivity contribution in [2.45, 2.75) is 44.8 Å². The fourth-order valence-electron chi connectivity index (χ4n) is 2.64. The maximum atomic E-state index is 10.1. The van der Waals surface area contributed by atoms with Crippen LogP contribution < -0.4 is 0 Å². The van der Waals surface area contributed by atoms with Gasteiger partial charge in [-0.3, -0.25) is 0 Å². The lowest BCUT2D eigenvalue weighted by molar-refractivity contribution is -0.0375. The molecule has 1 fully saturated rings. The summed E-state index contributed by atoms with van der Waals surface area (Å²) in [5.74, 6) is 0.621. The third-order valence-corrected chi connectivity index (χ3v) is 3.80. The lowest BCUT2D eigenvalue weighted by Crippen LogP contribution is -2.34. The molecule has 18 heavy (non-hydrogen) atoms. The van der Waals surface area contributed by atoms with E-state index in [1.807, 2.05) is 31.2 Å². The molecule has 0 bridgehead atoms. The fraction of sp³-hybridized carbons (Fsp3) is 0.600. The van der Waals surface area contributed by atoms with Crippen LogP contribution in [0.2, 0.25) is 5.02 Å². The second-order valence-corrected chi connectivity index (χ2v) is 5.57. The first kappa shape index (κ1) is 13.9. The molecule has 0 spiro atoms. The van der Waals surface area contributed by atoms with E-state index < -0.39 is 0 Å². The number of aliphatic hydroxyl groups excluding tert-OH is 1. The van der Waals surface area contributed by atoms with Crippen LogP contribution in [0.1, 0.15) is 31.7 Å². The molecule has 1 atom stereocenters. The van der Waals surface area contributed by atoms with Gasteiger partial charge in [-0.15, -0.1) is 0 Å². The maximum absolute atomic E-state index is 10.1. The van der Waals surface area contributed by atoms with Crippen molar-refractivity contribution < 1.29 is 9.84 Å². The molecule has 0 heterocycles. The molecule has 1 aliphatic rings. The van der Waals surface area contributed by atoms with E-state index in [0.29, 0.717) is 18.4 Å². The lowest BCUT2D eigenvalue weighted by atomic mass is 9.78. The zero-order chi connectivity index (χ0) is 13.0. The normalized spacial score (nSPS) is 24.6. The van der Waals surface area contributed by atoms with Gasteiger partial charge in [-0.05, 0) is 56.2 Å². The zero-order valence-electron chi connectivity index (χ0n) is 10.8. The van der Waals surface area contributed by atoms with Crippen LogP contribution in [-0.4, -0.2) is 23.9 Å². The van der Waals surface area contributed by atoms with E-state index in [9.17, 15) is 5.11 Å². The van der Waals surface area contributed by atoms with E-state index in [4.69, 9.17) is 16.3 Å². The summed E-state index contributed by atoms with van der Waals surface area (Å²) in [6.07, 6.45) is 3.92. The molecule has 1 aromatic carbocycles. The Kier molecular flexibility index (Phi) is 5.04. The number of aliphatic hydroxyl groups is 1. The van der Waals surface area contributed by atoms with Gasteiger partial charge in [0.05, 0.1) is 12.2 Å². The highest BCUT2D eigenvalue weighted by Gasteiger charge is 2.30. The second-order valence-electron chi connectivity index (χ2n) is 5.14. The van der Waals surface area contributed by atoms with E-state index in [1.54, 1.807) is 0 Å². The molecule has 1 aliphatic carbocycles. The molecule has 3 heteroatoms.